The normalized spacial score (nSPS) is 17.4. The Bertz CT molecular complexity index is 1580. The van der Waals surface area contributed by atoms with Gasteiger partial charge in [-0.2, -0.15) is 0 Å². The van der Waals surface area contributed by atoms with Crippen LogP contribution in [-0.2, 0) is 25.3 Å². The number of rotatable bonds is 11. The minimum absolute atomic E-state index is 0.0214. The van der Waals surface area contributed by atoms with Crippen LogP contribution in [0.1, 0.15) is 40.9 Å². The predicted molar refractivity (Wildman–Crippen MR) is 168 cm³/mol. The van der Waals surface area contributed by atoms with Gasteiger partial charge in [0.2, 0.25) is 19.2 Å². The first-order chi connectivity index (χ1) is 21.2. The maximum atomic E-state index is 14.5. The van der Waals surface area contributed by atoms with Gasteiger partial charge >= 0.3 is 6.09 Å². The maximum Gasteiger partial charge on any atom is 0.417 e. The van der Waals surface area contributed by atoms with Crippen molar-refractivity contribution in [2.75, 3.05) is 12.8 Å². The number of carbonyl (C=O) groups is 3. The lowest BCUT2D eigenvalue weighted by molar-refractivity contribution is -0.133. The van der Waals surface area contributed by atoms with Crippen LogP contribution in [0.25, 0.3) is 0 Å². The highest BCUT2D eigenvalue weighted by Gasteiger charge is 2.47. The van der Waals surface area contributed by atoms with Crippen molar-refractivity contribution in [1.29, 1.82) is 0 Å². The third-order valence-electron chi connectivity index (χ3n) is 7.86. The molecule has 8 nitrogen and oxygen atoms in total. The molecular formula is C35H35N2O6P. The molecule has 1 aliphatic rings. The fraction of sp³-hybridized carbons (Fsp3) is 0.229. The summed E-state index contributed by atoms with van der Waals surface area (Å²) in [6.45, 7) is 1.26. The van der Waals surface area contributed by atoms with E-state index in [1.54, 1.807) is 30.3 Å². The summed E-state index contributed by atoms with van der Waals surface area (Å²) in [6, 6.07) is 36.2. The van der Waals surface area contributed by atoms with E-state index in [2.05, 4.69) is 5.32 Å². The van der Waals surface area contributed by atoms with Gasteiger partial charge in [0.15, 0.2) is 0 Å². The topological polar surface area (TPSA) is 113 Å². The van der Waals surface area contributed by atoms with Gasteiger partial charge in [-0.05, 0) is 28.7 Å². The van der Waals surface area contributed by atoms with Gasteiger partial charge in [0.25, 0.3) is 0 Å². The minimum Gasteiger partial charge on any atom is -0.447 e. The zero-order valence-electron chi connectivity index (χ0n) is 24.4. The van der Waals surface area contributed by atoms with Crippen molar-refractivity contribution in [3.8, 4) is 0 Å². The van der Waals surface area contributed by atoms with E-state index in [0.29, 0.717) is 5.56 Å². The van der Waals surface area contributed by atoms with Crippen LogP contribution in [-0.4, -0.2) is 46.5 Å². The molecule has 0 saturated carbocycles. The number of imide groups is 1. The van der Waals surface area contributed by atoms with Crippen molar-refractivity contribution in [3.63, 3.8) is 0 Å². The van der Waals surface area contributed by atoms with Gasteiger partial charge in [-0.3, -0.25) is 14.2 Å². The molecular weight excluding hydrogens is 575 g/mol. The monoisotopic (exact) mass is 610 g/mol. The number of hydrogen-bond acceptors (Lipinski definition) is 5. The molecule has 3 amide bonds. The smallest absolute Gasteiger partial charge is 0.417 e. The van der Waals surface area contributed by atoms with Crippen molar-refractivity contribution in [2.24, 2.45) is 5.92 Å². The van der Waals surface area contributed by atoms with Crippen LogP contribution < -0.4 is 5.32 Å². The molecule has 44 heavy (non-hydrogen) atoms. The number of ether oxygens (including phenoxy) is 1. The third-order valence-corrected chi connectivity index (χ3v) is 10.1. The Balaban J connectivity index is 1.53. The van der Waals surface area contributed by atoms with E-state index in [0.717, 1.165) is 21.6 Å². The Morgan fingerprint density at radius 2 is 1.32 bits per heavy atom. The summed E-state index contributed by atoms with van der Waals surface area (Å²) in [6.07, 6.45) is -1.13. The zero-order valence-corrected chi connectivity index (χ0v) is 25.3. The molecule has 4 aromatic carbocycles. The SMILES string of the molecule is CC(=O)NC(c1ccccc1)P(=O)(O)C[C@H](Cc1ccccc1)C(=O)N1C(=O)OC[C@@H]1C(c1ccccc1)c1ccccc1. The molecule has 2 unspecified atom stereocenters. The fourth-order valence-corrected chi connectivity index (χ4v) is 8.03. The Morgan fingerprint density at radius 1 is 0.841 bits per heavy atom. The summed E-state index contributed by atoms with van der Waals surface area (Å²) in [5.41, 5.74) is 3.03. The van der Waals surface area contributed by atoms with Gasteiger partial charge in [-0.25, -0.2) is 9.69 Å². The fourth-order valence-electron chi connectivity index (χ4n) is 5.88. The number of cyclic esters (lactones) is 1. The maximum absolute atomic E-state index is 14.5. The Morgan fingerprint density at radius 3 is 1.82 bits per heavy atom. The van der Waals surface area contributed by atoms with Gasteiger partial charge in [0.05, 0.1) is 12.0 Å². The largest absolute Gasteiger partial charge is 0.447 e. The highest BCUT2D eigenvalue weighted by atomic mass is 31.2. The second-order valence-electron chi connectivity index (χ2n) is 11.0. The number of amides is 3. The van der Waals surface area contributed by atoms with E-state index >= 15 is 0 Å². The summed E-state index contributed by atoms with van der Waals surface area (Å²) in [7, 11) is -4.28. The second kappa shape index (κ2) is 13.8. The highest BCUT2D eigenvalue weighted by Crippen LogP contribution is 2.55. The first-order valence-electron chi connectivity index (χ1n) is 14.5. The molecule has 226 valence electrons. The predicted octanol–water partition coefficient (Wildman–Crippen LogP) is 6.13. The second-order valence-corrected chi connectivity index (χ2v) is 13.4. The third kappa shape index (κ3) is 7.16. The molecule has 4 atom stereocenters. The molecule has 9 heteroatoms. The molecule has 1 aliphatic heterocycles. The molecule has 0 spiro atoms. The van der Waals surface area contributed by atoms with Crippen LogP contribution in [0.4, 0.5) is 4.79 Å². The average molecular weight is 611 g/mol. The van der Waals surface area contributed by atoms with Crippen molar-refractivity contribution in [1.82, 2.24) is 10.2 Å². The summed E-state index contributed by atoms with van der Waals surface area (Å²) in [4.78, 5) is 52.7. The summed E-state index contributed by atoms with van der Waals surface area (Å²) >= 11 is 0. The lowest BCUT2D eigenvalue weighted by Crippen LogP contribution is -2.47. The zero-order chi connectivity index (χ0) is 31.1. The van der Waals surface area contributed by atoms with E-state index < -0.39 is 49.2 Å². The Labute approximate surface area is 257 Å². The molecule has 1 saturated heterocycles. The highest BCUT2D eigenvalue weighted by molar-refractivity contribution is 7.58. The van der Waals surface area contributed by atoms with Gasteiger partial charge < -0.3 is 14.9 Å². The quantitative estimate of drug-likeness (QED) is 0.198. The molecule has 0 radical (unpaired) electrons. The molecule has 0 aromatic heterocycles. The van der Waals surface area contributed by atoms with E-state index in [1.807, 2.05) is 91.0 Å². The summed E-state index contributed by atoms with van der Waals surface area (Å²) in [5.74, 6) is -3.75. The Kier molecular flexibility index (Phi) is 9.73. The molecule has 4 aromatic rings. The van der Waals surface area contributed by atoms with Crippen molar-refractivity contribution < 1.29 is 28.6 Å². The van der Waals surface area contributed by atoms with Crippen LogP contribution >= 0.6 is 7.37 Å². The first kappa shape index (κ1) is 30.9. The lowest BCUT2D eigenvalue weighted by atomic mass is 9.84. The molecule has 1 fully saturated rings. The average Bonchev–Trinajstić information content (AvgIpc) is 3.41. The molecule has 5 rings (SSSR count). The van der Waals surface area contributed by atoms with Crippen molar-refractivity contribution in [2.45, 2.75) is 31.1 Å². The first-order valence-corrected chi connectivity index (χ1v) is 16.4. The number of hydrogen-bond donors (Lipinski definition) is 2. The van der Waals surface area contributed by atoms with Crippen LogP contribution in [0, 0.1) is 5.92 Å². The van der Waals surface area contributed by atoms with E-state index in [1.165, 1.54) is 6.92 Å². The van der Waals surface area contributed by atoms with Gasteiger partial charge in [-0.15, -0.1) is 0 Å². The molecule has 2 N–H and O–H groups in total. The molecule has 1 heterocycles. The Hall–Kier alpha value is -4.52. The van der Waals surface area contributed by atoms with Gasteiger partial charge in [-0.1, -0.05) is 121 Å². The van der Waals surface area contributed by atoms with Crippen LogP contribution in [0.3, 0.4) is 0 Å². The van der Waals surface area contributed by atoms with E-state index in [-0.39, 0.29) is 18.9 Å². The van der Waals surface area contributed by atoms with Crippen molar-refractivity contribution >= 4 is 25.3 Å². The lowest BCUT2D eigenvalue weighted by Gasteiger charge is -2.32. The number of carbonyl (C=O) groups excluding carboxylic acids is 3. The molecule has 0 aliphatic carbocycles. The number of nitrogens with zero attached hydrogens (tertiary/aromatic N) is 1. The van der Waals surface area contributed by atoms with Crippen molar-refractivity contribution in [3.05, 3.63) is 144 Å². The van der Waals surface area contributed by atoms with Crippen LogP contribution in [0.5, 0.6) is 0 Å². The minimum atomic E-state index is -4.28. The number of benzene rings is 4. The molecule has 0 bridgehead atoms. The summed E-state index contributed by atoms with van der Waals surface area (Å²) in [5, 5.41) is 2.62. The standard InChI is InChI=1S/C35H35N2O6P/c1-25(38)36-33(29-20-12-5-13-21-29)44(41,42)24-30(22-26-14-6-2-7-15-26)34(39)37-31(23-43-35(37)40)32(27-16-8-3-9-17-27)28-18-10-4-11-19-28/h2-21,30-33H,22-24H2,1H3,(H,36,38)(H,41,42)/t30-,31+,33?/m0/s1. The number of nitrogens with one attached hydrogen (secondary N) is 1. The van der Waals surface area contributed by atoms with Crippen LogP contribution in [0.15, 0.2) is 121 Å². The summed E-state index contributed by atoms with van der Waals surface area (Å²) < 4.78 is 19.7. The van der Waals surface area contributed by atoms with E-state index in [4.69, 9.17) is 4.74 Å². The van der Waals surface area contributed by atoms with Gasteiger partial charge in [0, 0.05) is 19.0 Å². The van der Waals surface area contributed by atoms with Gasteiger partial charge in [0.1, 0.15) is 12.4 Å². The van der Waals surface area contributed by atoms with Crippen LogP contribution in [0.2, 0.25) is 0 Å². The van der Waals surface area contributed by atoms with E-state index in [9.17, 15) is 23.8 Å².